The SMILES string of the molecule is O=C1CC[C@H](C(=O)N(CC2CC2)CC2CCCN2)N1. The van der Waals surface area contributed by atoms with Crippen LogP contribution in [0.25, 0.3) is 0 Å². The summed E-state index contributed by atoms with van der Waals surface area (Å²) in [5, 5.41) is 6.26. The van der Waals surface area contributed by atoms with E-state index in [0.29, 0.717) is 24.8 Å². The second-order valence-corrected chi connectivity index (χ2v) is 6.14. The molecule has 3 fully saturated rings. The Labute approximate surface area is 114 Å². The zero-order valence-electron chi connectivity index (χ0n) is 11.4. The van der Waals surface area contributed by atoms with Gasteiger partial charge in [-0.05, 0) is 44.6 Å². The van der Waals surface area contributed by atoms with Crippen LogP contribution >= 0.6 is 0 Å². The molecule has 0 spiro atoms. The van der Waals surface area contributed by atoms with Gasteiger partial charge in [0.2, 0.25) is 11.8 Å². The molecule has 3 rings (SSSR count). The second kappa shape index (κ2) is 5.49. The van der Waals surface area contributed by atoms with Gasteiger partial charge in [-0.25, -0.2) is 0 Å². The molecule has 0 aromatic carbocycles. The fourth-order valence-electron chi connectivity index (χ4n) is 3.06. The number of carbonyl (C=O) groups is 2. The largest absolute Gasteiger partial charge is 0.344 e. The fraction of sp³-hybridized carbons (Fsp3) is 0.857. The molecule has 1 unspecified atom stereocenters. The third-order valence-corrected chi connectivity index (χ3v) is 4.38. The Hall–Kier alpha value is -1.10. The van der Waals surface area contributed by atoms with Gasteiger partial charge < -0.3 is 15.5 Å². The molecule has 106 valence electrons. The summed E-state index contributed by atoms with van der Waals surface area (Å²) in [6.45, 7) is 2.75. The van der Waals surface area contributed by atoms with Gasteiger partial charge in [0, 0.05) is 25.6 Å². The molecule has 5 nitrogen and oxygen atoms in total. The Morgan fingerprint density at radius 2 is 2.05 bits per heavy atom. The summed E-state index contributed by atoms with van der Waals surface area (Å²) in [5.41, 5.74) is 0. The predicted molar refractivity (Wildman–Crippen MR) is 71.5 cm³/mol. The number of nitrogens with one attached hydrogen (secondary N) is 2. The summed E-state index contributed by atoms with van der Waals surface area (Å²) in [6, 6.07) is 0.174. The molecule has 1 aliphatic carbocycles. The molecule has 2 aliphatic heterocycles. The highest BCUT2D eigenvalue weighted by molar-refractivity contribution is 5.90. The summed E-state index contributed by atoms with van der Waals surface area (Å²) < 4.78 is 0. The van der Waals surface area contributed by atoms with E-state index in [1.54, 1.807) is 0 Å². The minimum Gasteiger partial charge on any atom is -0.344 e. The Bertz CT molecular complexity index is 362. The molecular weight excluding hydrogens is 242 g/mol. The maximum atomic E-state index is 12.5. The molecule has 2 N–H and O–H groups in total. The van der Waals surface area contributed by atoms with E-state index >= 15 is 0 Å². The lowest BCUT2D eigenvalue weighted by Crippen LogP contribution is -2.49. The van der Waals surface area contributed by atoms with Gasteiger partial charge in [0.1, 0.15) is 6.04 Å². The number of carbonyl (C=O) groups excluding carboxylic acids is 2. The number of rotatable bonds is 5. The van der Waals surface area contributed by atoms with Gasteiger partial charge in [-0.1, -0.05) is 0 Å². The first-order valence-electron chi connectivity index (χ1n) is 7.54. The molecule has 1 saturated carbocycles. The van der Waals surface area contributed by atoms with Crippen LogP contribution in [-0.2, 0) is 9.59 Å². The van der Waals surface area contributed by atoms with Crippen molar-refractivity contribution < 1.29 is 9.59 Å². The average Bonchev–Trinajstić information content (AvgIpc) is 2.89. The van der Waals surface area contributed by atoms with Crippen molar-refractivity contribution in [2.24, 2.45) is 5.92 Å². The number of nitrogens with zero attached hydrogens (tertiary/aromatic N) is 1. The molecule has 5 heteroatoms. The molecule has 0 bridgehead atoms. The van der Waals surface area contributed by atoms with Gasteiger partial charge >= 0.3 is 0 Å². The molecular formula is C14H23N3O2. The van der Waals surface area contributed by atoms with Crippen LogP contribution in [0.1, 0.15) is 38.5 Å². The van der Waals surface area contributed by atoms with Gasteiger partial charge in [0.25, 0.3) is 0 Å². The zero-order valence-corrected chi connectivity index (χ0v) is 11.4. The molecule has 2 amide bonds. The van der Waals surface area contributed by atoms with E-state index in [9.17, 15) is 9.59 Å². The van der Waals surface area contributed by atoms with Gasteiger partial charge in [0.15, 0.2) is 0 Å². The van der Waals surface area contributed by atoms with Crippen molar-refractivity contribution in [1.82, 2.24) is 15.5 Å². The van der Waals surface area contributed by atoms with Gasteiger partial charge in [0.05, 0.1) is 0 Å². The third-order valence-electron chi connectivity index (χ3n) is 4.38. The lowest BCUT2D eigenvalue weighted by molar-refractivity contribution is -0.134. The van der Waals surface area contributed by atoms with E-state index < -0.39 is 0 Å². The van der Waals surface area contributed by atoms with E-state index in [1.807, 2.05) is 4.90 Å². The van der Waals surface area contributed by atoms with Gasteiger partial charge in [-0.15, -0.1) is 0 Å². The van der Waals surface area contributed by atoms with Crippen molar-refractivity contribution in [1.29, 1.82) is 0 Å². The second-order valence-electron chi connectivity index (χ2n) is 6.14. The molecule has 0 radical (unpaired) electrons. The predicted octanol–water partition coefficient (Wildman–Crippen LogP) is 0.256. The minimum absolute atomic E-state index is 0.0173. The van der Waals surface area contributed by atoms with Crippen LogP contribution < -0.4 is 10.6 Å². The maximum absolute atomic E-state index is 12.5. The van der Waals surface area contributed by atoms with Crippen LogP contribution in [0.15, 0.2) is 0 Å². The van der Waals surface area contributed by atoms with E-state index in [1.165, 1.54) is 19.3 Å². The highest BCUT2D eigenvalue weighted by atomic mass is 16.2. The molecule has 0 aromatic rings. The Morgan fingerprint density at radius 1 is 1.21 bits per heavy atom. The summed E-state index contributed by atoms with van der Waals surface area (Å²) in [5.74, 6) is 0.845. The average molecular weight is 265 g/mol. The Morgan fingerprint density at radius 3 is 2.63 bits per heavy atom. The lowest BCUT2D eigenvalue weighted by atomic mass is 10.1. The highest BCUT2D eigenvalue weighted by Gasteiger charge is 2.35. The van der Waals surface area contributed by atoms with Crippen molar-refractivity contribution in [3.63, 3.8) is 0 Å². The van der Waals surface area contributed by atoms with Crippen LogP contribution in [0.3, 0.4) is 0 Å². The van der Waals surface area contributed by atoms with Gasteiger partial charge in [-0.3, -0.25) is 9.59 Å². The van der Waals surface area contributed by atoms with Crippen molar-refractivity contribution in [2.75, 3.05) is 19.6 Å². The monoisotopic (exact) mass is 265 g/mol. The van der Waals surface area contributed by atoms with E-state index in [2.05, 4.69) is 10.6 Å². The van der Waals surface area contributed by atoms with Crippen molar-refractivity contribution in [2.45, 2.75) is 50.6 Å². The molecule has 3 aliphatic rings. The Balaban J connectivity index is 1.59. The highest BCUT2D eigenvalue weighted by Crippen LogP contribution is 2.30. The van der Waals surface area contributed by atoms with Crippen LogP contribution in [-0.4, -0.2) is 48.4 Å². The first-order chi connectivity index (χ1) is 9.22. The number of hydrogen-bond acceptors (Lipinski definition) is 3. The summed E-state index contributed by atoms with van der Waals surface area (Å²) in [6.07, 6.45) is 6.02. The summed E-state index contributed by atoms with van der Waals surface area (Å²) >= 11 is 0. The first-order valence-corrected chi connectivity index (χ1v) is 7.54. The summed E-state index contributed by atoms with van der Waals surface area (Å²) in [7, 11) is 0. The van der Waals surface area contributed by atoms with Gasteiger partial charge in [-0.2, -0.15) is 0 Å². The standard InChI is InChI=1S/C14H23N3O2/c18-13-6-5-12(16-13)14(19)17(8-10-3-4-10)9-11-2-1-7-15-11/h10-12,15H,1-9H2,(H,16,18)/t11?,12-/m1/s1. The first kappa shape index (κ1) is 12.9. The third kappa shape index (κ3) is 3.26. The van der Waals surface area contributed by atoms with E-state index in [4.69, 9.17) is 0 Å². The maximum Gasteiger partial charge on any atom is 0.245 e. The summed E-state index contributed by atoms with van der Waals surface area (Å²) in [4.78, 5) is 25.8. The smallest absolute Gasteiger partial charge is 0.245 e. The lowest BCUT2D eigenvalue weighted by Gasteiger charge is -2.28. The molecule has 2 heterocycles. The minimum atomic E-state index is -0.271. The van der Waals surface area contributed by atoms with Crippen molar-refractivity contribution >= 4 is 11.8 Å². The topological polar surface area (TPSA) is 61.4 Å². The number of hydrogen-bond donors (Lipinski definition) is 2. The molecule has 0 aromatic heterocycles. The number of amides is 2. The normalized spacial score (nSPS) is 30.4. The van der Waals surface area contributed by atoms with Crippen LogP contribution in [0.4, 0.5) is 0 Å². The van der Waals surface area contributed by atoms with Crippen LogP contribution in [0.2, 0.25) is 0 Å². The molecule has 2 saturated heterocycles. The van der Waals surface area contributed by atoms with E-state index in [-0.39, 0.29) is 17.9 Å². The van der Waals surface area contributed by atoms with Crippen molar-refractivity contribution in [3.8, 4) is 0 Å². The quantitative estimate of drug-likeness (QED) is 0.749. The zero-order chi connectivity index (χ0) is 13.2. The fourth-order valence-corrected chi connectivity index (χ4v) is 3.06. The Kier molecular flexibility index (Phi) is 3.73. The van der Waals surface area contributed by atoms with Crippen LogP contribution in [0, 0.1) is 5.92 Å². The van der Waals surface area contributed by atoms with E-state index in [0.717, 1.165) is 26.1 Å². The molecule has 2 atom stereocenters. The van der Waals surface area contributed by atoms with Crippen LogP contribution in [0.5, 0.6) is 0 Å². The molecule has 19 heavy (non-hydrogen) atoms. The van der Waals surface area contributed by atoms with Crippen molar-refractivity contribution in [3.05, 3.63) is 0 Å².